The number of benzene rings is 2. The lowest BCUT2D eigenvalue weighted by atomic mass is 10.1. The minimum Gasteiger partial charge on any atom is -0.455 e. The van der Waals surface area contributed by atoms with Gasteiger partial charge < -0.3 is 9.26 Å². The number of halogens is 1. The normalized spacial score (nSPS) is 11.0. The number of aromatic nitrogens is 4. The van der Waals surface area contributed by atoms with Gasteiger partial charge in [-0.15, -0.1) is 0 Å². The van der Waals surface area contributed by atoms with Crippen LogP contribution < -0.4 is 0 Å². The van der Waals surface area contributed by atoms with E-state index in [0.717, 1.165) is 10.9 Å². The summed E-state index contributed by atoms with van der Waals surface area (Å²) in [5, 5.41) is 11.6. The van der Waals surface area contributed by atoms with E-state index in [1.807, 2.05) is 24.3 Å². The van der Waals surface area contributed by atoms with E-state index >= 15 is 0 Å². The molecule has 2 heterocycles. The Morgan fingerprint density at radius 1 is 1.26 bits per heavy atom. The minimum absolute atomic E-state index is 0.0463. The van der Waals surface area contributed by atoms with Crippen molar-refractivity contribution in [3.8, 4) is 11.4 Å². The summed E-state index contributed by atoms with van der Waals surface area (Å²) < 4.78 is 23.9. The zero-order chi connectivity index (χ0) is 18.8. The maximum Gasteiger partial charge on any atom is 0.312 e. The van der Waals surface area contributed by atoms with Gasteiger partial charge in [0.25, 0.3) is 5.89 Å². The van der Waals surface area contributed by atoms with E-state index in [9.17, 15) is 9.18 Å². The second-order valence-corrected chi connectivity index (χ2v) is 6.03. The van der Waals surface area contributed by atoms with Crippen molar-refractivity contribution in [2.75, 3.05) is 0 Å². The summed E-state index contributed by atoms with van der Waals surface area (Å²) in [5.41, 5.74) is 2.48. The predicted octanol–water partition coefficient (Wildman–Crippen LogP) is 3.35. The Labute approximate surface area is 153 Å². The van der Waals surface area contributed by atoms with Crippen molar-refractivity contribution in [1.29, 1.82) is 0 Å². The third-order valence-corrected chi connectivity index (χ3v) is 4.12. The number of nitrogens with zero attached hydrogens (tertiary/aromatic N) is 3. The number of nitrogens with one attached hydrogen (secondary N) is 1. The number of ether oxygens (including phenoxy) is 1. The molecule has 0 amide bonds. The number of H-pyrrole nitrogens is 1. The van der Waals surface area contributed by atoms with Crippen molar-refractivity contribution in [3.05, 3.63) is 65.4 Å². The second kappa shape index (κ2) is 6.99. The summed E-state index contributed by atoms with van der Waals surface area (Å²) in [5.74, 6) is -0.434. The number of aryl methyl sites for hydroxylation is 1. The van der Waals surface area contributed by atoms with Crippen LogP contribution in [0.1, 0.15) is 17.1 Å². The van der Waals surface area contributed by atoms with Gasteiger partial charge in [-0.25, -0.2) is 4.39 Å². The zero-order valence-electron chi connectivity index (χ0n) is 14.4. The number of para-hydroxylation sites is 1. The molecule has 0 aliphatic carbocycles. The number of carbonyl (C=O) groups excluding carboxylic acids is 1. The fourth-order valence-corrected chi connectivity index (χ4v) is 2.65. The van der Waals surface area contributed by atoms with Crippen molar-refractivity contribution >= 4 is 16.9 Å². The van der Waals surface area contributed by atoms with Gasteiger partial charge in [-0.3, -0.25) is 9.89 Å². The Hall–Kier alpha value is -3.55. The minimum atomic E-state index is -0.453. The van der Waals surface area contributed by atoms with Crippen LogP contribution >= 0.6 is 0 Å². The van der Waals surface area contributed by atoms with Crippen molar-refractivity contribution in [3.63, 3.8) is 0 Å². The first-order valence-corrected chi connectivity index (χ1v) is 8.27. The van der Waals surface area contributed by atoms with Crippen LogP contribution in [0.3, 0.4) is 0 Å². The summed E-state index contributed by atoms with van der Waals surface area (Å²) >= 11 is 0. The summed E-state index contributed by atoms with van der Waals surface area (Å²) in [7, 11) is 0. The van der Waals surface area contributed by atoms with Crippen LogP contribution in [-0.4, -0.2) is 26.3 Å². The van der Waals surface area contributed by atoms with E-state index in [-0.39, 0.29) is 30.6 Å². The average molecular weight is 366 g/mol. The van der Waals surface area contributed by atoms with Gasteiger partial charge in [0.15, 0.2) is 6.61 Å². The first-order chi connectivity index (χ1) is 13.1. The quantitative estimate of drug-likeness (QED) is 0.545. The number of rotatable bonds is 5. The van der Waals surface area contributed by atoms with Crippen LogP contribution in [0, 0.1) is 12.7 Å². The topological polar surface area (TPSA) is 93.9 Å². The molecule has 0 aliphatic rings. The summed E-state index contributed by atoms with van der Waals surface area (Å²) in [6.07, 6.45) is 0.0463. The molecule has 0 radical (unpaired) electrons. The molecule has 0 aliphatic heterocycles. The molecule has 0 atom stereocenters. The molecule has 136 valence electrons. The van der Waals surface area contributed by atoms with Gasteiger partial charge in [-0.05, 0) is 24.6 Å². The van der Waals surface area contributed by atoms with E-state index in [2.05, 4.69) is 20.3 Å². The van der Waals surface area contributed by atoms with Crippen LogP contribution in [-0.2, 0) is 22.6 Å². The Morgan fingerprint density at radius 3 is 2.96 bits per heavy atom. The summed E-state index contributed by atoms with van der Waals surface area (Å²) in [4.78, 5) is 16.2. The van der Waals surface area contributed by atoms with Crippen molar-refractivity contribution in [2.24, 2.45) is 0 Å². The molecule has 8 heteroatoms. The SMILES string of the molecule is Cc1ccc(-c2noc(COC(=O)Cc3[nH]nc4ccccc34)n2)cc1F. The fourth-order valence-electron chi connectivity index (χ4n) is 2.65. The van der Waals surface area contributed by atoms with Crippen LogP contribution in [0.25, 0.3) is 22.3 Å². The number of esters is 1. The van der Waals surface area contributed by atoms with Crippen LogP contribution in [0.4, 0.5) is 4.39 Å². The monoisotopic (exact) mass is 366 g/mol. The molecule has 0 unspecified atom stereocenters. The van der Waals surface area contributed by atoms with Gasteiger partial charge in [-0.2, -0.15) is 10.1 Å². The van der Waals surface area contributed by atoms with E-state index in [1.165, 1.54) is 6.07 Å². The Kier molecular flexibility index (Phi) is 4.37. The van der Waals surface area contributed by atoms with Crippen LogP contribution in [0.2, 0.25) is 0 Å². The highest BCUT2D eigenvalue weighted by Crippen LogP contribution is 2.19. The molecule has 4 rings (SSSR count). The molecule has 2 aromatic carbocycles. The number of aromatic amines is 1. The third-order valence-electron chi connectivity index (χ3n) is 4.12. The van der Waals surface area contributed by atoms with E-state index < -0.39 is 5.97 Å². The molecule has 0 saturated heterocycles. The molecule has 1 N–H and O–H groups in total. The van der Waals surface area contributed by atoms with E-state index in [0.29, 0.717) is 16.8 Å². The van der Waals surface area contributed by atoms with Gasteiger partial charge in [-0.1, -0.05) is 35.5 Å². The zero-order valence-corrected chi connectivity index (χ0v) is 14.4. The van der Waals surface area contributed by atoms with Crippen molar-refractivity contribution < 1.29 is 18.4 Å². The molecule has 0 bridgehead atoms. The predicted molar refractivity (Wildman–Crippen MR) is 94.0 cm³/mol. The molecular formula is C19H15FN4O3. The molecular weight excluding hydrogens is 351 g/mol. The van der Waals surface area contributed by atoms with Crippen LogP contribution in [0.15, 0.2) is 47.0 Å². The van der Waals surface area contributed by atoms with Crippen molar-refractivity contribution in [2.45, 2.75) is 20.0 Å². The second-order valence-electron chi connectivity index (χ2n) is 6.03. The molecule has 27 heavy (non-hydrogen) atoms. The maximum atomic E-state index is 13.7. The number of hydrogen-bond acceptors (Lipinski definition) is 6. The van der Waals surface area contributed by atoms with E-state index in [4.69, 9.17) is 9.26 Å². The number of fused-ring (bicyclic) bond motifs is 1. The lowest BCUT2D eigenvalue weighted by molar-refractivity contribution is -0.144. The number of hydrogen-bond donors (Lipinski definition) is 1. The average Bonchev–Trinajstić information content (AvgIpc) is 3.30. The van der Waals surface area contributed by atoms with Gasteiger partial charge in [0.05, 0.1) is 17.6 Å². The van der Waals surface area contributed by atoms with Gasteiger partial charge in [0.1, 0.15) is 5.82 Å². The molecule has 4 aromatic rings. The highest BCUT2D eigenvalue weighted by atomic mass is 19.1. The lowest BCUT2D eigenvalue weighted by Gasteiger charge is -2.01. The highest BCUT2D eigenvalue weighted by Gasteiger charge is 2.14. The highest BCUT2D eigenvalue weighted by molar-refractivity contribution is 5.85. The fraction of sp³-hybridized carbons (Fsp3) is 0.158. The smallest absolute Gasteiger partial charge is 0.312 e. The largest absolute Gasteiger partial charge is 0.455 e. The van der Waals surface area contributed by atoms with Gasteiger partial charge in [0.2, 0.25) is 5.82 Å². The van der Waals surface area contributed by atoms with Gasteiger partial charge in [0, 0.05) is 10.9 Å². The Bertz CT molecular complexity index is 1120. The molecule has 0 fully saturated rings. The number of carbonyl (C=O) groups is 1. The van der Waals surface area contributed by atoms with Crippen LogP contribution in [0.5, 0.6) is 0 Å². The Balaban J connectivity index is 1.39. The Morgan fingerprint density at radius 2 is 2.11 bits per heavy atom. The lowest BCUT2D eigenvalue weighted by Crippen LogP contribution is -2.08. The standard InChI is InChI=1S/C19H15FN4O3/c1-11-6-7-12(8-14(11)20)19-21-17(27-24-19)10-26-18(25)9-16-13-4-2-3-5-15(13)22-23-16/h2-8H,9-10H2,1H3,(H,22,23). The first kappa shape index (κ1) is 16.9. The van der Waals surface area contributed by atoms with Gasteiger partial charge >= 0.3 is 5.97 Å². The molecule has 7 nitrogen and oxygen atoms in total. The van der Waals surface area contributed by atoms with E-state index in [1.54, 1.807) is 19.1 Å². The molecule has 0 saturated carbocycles. The summed E-state index contributed by atoms with van der Waals surface area (Å²) in [6.45, 7) is 1.51. The maximum absolute atomic E-state index is 13.7. The molecule has 0 spiro atoms. The van der Waals surface area contributed by atoms with Crippen molar-refractivity contribution in [1.82, 2.24) is 20.3 Å². The molecule has 2 aromatic heterocycles. The third kappa shape index (κ3) is 3.55. The summed E-state index contributed by atoms with van der Waals surface area (Å²) in [6, 6.07) is 12.1. The first-order valence-electron chi connectivity index (χ1n) is 8.27.